The molecule has 0 bridgehead atoms. The third-order valence-corrected chi connectivity index (χ3v) is 5.96. The van der Waals surface area contributed by atoms with Gasteiger partial charge in [-0.25, -0.2) is 4.98 Å². The number of aromatic nitrogens is 1. The van der Waals surface area contributed by atoms with Crippen molar-refractivity contribution in [3.05, 3.63) is 22.4 Å². The van der Waals surface area contributed by atoms with Gasteiger partial charge >= 0.3 is 0 Å². The van der Waals surface area contributed by atoms with E-state index in [-0.39, 0.29) is 0 Å². The predicted octanol–water partition coefficient (Wildman–Crippen LogP) is 5.56. The second-order valence-electron chi connectivity index (χ2n) is 6.87. The maximum Gasteiger partial charge on any atom is 0.109 e. The van der Waals surface area contributed by atoms with Crippen LogP contribution >= 0.6 is 15.9 Å². The van der Waals surface area contributed by atoms with Crippen LogP contribution in [0, 0.1) is 18.3 Å². The lowest BCUT2D eigenvalue weighted by Gasteiger charge is -2.39. The number of nitrogens with zero attached hydrogens (tertiary/aromatic N) is 1. The highest BCUT2D eigenvalue weighted by Gasteiger charge is 2.31. The zero-order valence-corrected chi connectivity index (χ0v) is 14.8. The van der Waals surface area contributed by atoms with Crippen molar-refractivity contribution in [1.29, 1.82) is 0 Å². The summed E-state index contributed by atoms with van der Waals surface area (Å²) < 4.78 is 0.941. The Morgan fingerprint density at radius 3 is 2.50 bits per heavy atom. The Morgan fingerprint density at radius 2 is 1.95 bits per heavy atom. The molecule has 0 atom stereocenters. The third kappa shape index (κ3) is 3.75. The Labute approximate surface area is 131 Å². The standard InChI is InChI=1S/C17H27BrN2/c1-5-17(3,4)13-6-8-14(9-7-13)20-15-10-12(2)16(18)19-11-15/h10-11,13-14,20H,5-9H2,1-4H3. The monoisotopic (exact) mass is 338 g/mol. The van der Waals surface area contributed by atoms with Crippen LogP contribution in [-0.4, -0.2) is 11.0 Å². The van der Waals surface area contributed by atoms with Crippen LogP contribution in [0.2, 0.25) is 0 Å². The molecule has 0 spiro atoms. The molecule has 2 nitrogen and oxygen atoms in total. The molecule has 20 heavy (non-hydrogen) atoms. The van der Waals surface area contributed by atoms with E-state index >= 15 is 0 Å². The molecule has 2 rings (SSSR count). The summed E-state index contributed by atoms with van der Waals surface area (Å²) in [6.45, 7) is 9.25. The van der Waals surface area contributed by atoms with E-state index in [4.69, 9.17) is 0 Å². The molecule has 1 heterocycles. The summed E-state index contributed by atoms with van der Waals surface area (Å²) in [4.78, 5) is 4.37. The molecule has 0 unspecified atom stereocenters. The highest BCUT2D eigenvalue weighted by atomic mass is 79.9. The van der Waals surface area contributed by atoms with Crippen molar-refractivity contribution >= 4 is 21.6 Å². The van der Waals surface area contributed by atoms with Gasteiger partial charge in [-0.3, -0.25) is 0 Å². The smallest absolute Gasteiger partial charge is 0.109 e. The molecule has 0 amide bonds. The zero-order chi connectivity index (χ0) is 14.8. The molecule has 112 valence electrons. The Bertz CT molecular complexity index is 448. The maximum absolute atomic E-state index is 4.37. The van der Waals surface area contributed by atoms with E-state index in [1.807, 2.05) is 6.20 Å². The maximum atomic E-state index is 4.37. The van der Waals surface area contributed by atoms with Crippen molar-refractivity contribution in [3.63, 3.8) is 0 Å². The summed E-state index contributed by atoms with van der Waals surface area (Å²) in [6.07, 6.45) is 8.47. The van der Waals surface area contributed by atoms with Crippen LogP contribution in [0.1, 0.15) is 58.4 Å². The first-order chi connectivity index (χ1) is 9.42. The van der Waals surface area contributed by atoms with E-state index in [1.54, 1.807) is 0 Å². The molecular weight excluding hydrogens is 312 g/mol. The van der Waals surface area contributed by atoms with Gasteiger partial charge in [-0.05, 0) is 71.5 Å². The van der Waals surface area contributed by atoms with Gasteiger partial charge in [-0.15, -0.1) is 0 Å². The molecule has 1 aromatic rings. The van der Waals surface area contributed by atoms with E-state index < -0.39 is 0 Å². The second-order valence-corrected chi connectivity index (χ2v) is 7.62. The molecule has 0 radical (unpaired) electrons. The Morgan fingerprint density at radius 1 is 1.30 bits per heavy atom. The normalized spacial score (nSPS) is 23.6. The van der Waals surface area contributed by atoms with Crippen molar-refractivity contribution < 1.29 is 0 Å². The average Bonchev–Trinajstić information content (AvgIpc) is 2.43. The van der Waals surface area contributed by atoms with Gasteiger partial charge in [-0.2, -0.15) is 0 Å². The molecule has 1 N–H and O–H groups in total. The quantitative estimate of drug-likeness (QED) is 0.727. The molecule has 1 saturated carbocycles. The predicted molar refractivity (Wildman–Crippen MR) is 90.1 cm³/mol. The molecule has 1 aromatic heterocycles. The summed E-state index contributed by atoms with van der Waals surface area (Å²) in [7, 11) is 0. The average molecular weight is 339 g/mol. The first-order valence-electron chi connectivity index (χ1n) is 7.81. The second kappa shape index (κ2) is 6.46. The summed E-state index contributed by atoms with van der Waals surface area (Å²) in [5, 5.41) is 3.66. The fraction of sp³-hybridized carbons (Fsp3) is 0.706. The fourth-order valence-corrected chi connectivity index (χ4v) is 3.40. The first-order valence-corrected chi connectivity index (χ1v) is 8.60. The molecule has 1 fully saturated rings. The number of anilines is 1. The summed E-state index contributed by atoms with van der Waals surface area (Å²) in [5.74, 6) is 0.885. The van der Waals surface area contributed by atoms with Gasteiger partial charge in [0.15, 0.2) is 0 Å². The van der Waals surface area contributed by atoms with E-state index in [9.17, 15) is 0 Å². The van der Waals surface area contributed by atoms with Gasteiger partial charge in [0.2, 0.25) is 0 Å². The molecular formula is C17H27BrN2. The largest absolute Gasteiger partial charge is 0.381 e. The molecule has 1 aliphatic carbocycles. The topological polar surface area (TPSA) is 24.9 Å². The molecule has 0 aliphatic heterocycles. The Hall–Kier alpha value is -0.570. The fourth-order valence-electron chi connectivity index (χ4n) is 3.18. The molecule has 1 aliphatic rings. The number of halogens is 1. The lowest BCUT2D eigenvalue weighted by molar-refractivity contribution is 0.147. The van der Waals surface area contributed by atoms with Crippen LogP contribution in [0.4, 0.5) is 5.69 Å². The zero-order valence-electron chi connectivity index (χ0n) is 13.2. The Balaban J connectivity index is 1.90. The molecule has 0 aromatic carbocycles. The van der Waals surface area contributed by atoms with Crippen molar-refractivity contribution in [3.8, 4) is 0 Å². The number of aryl methyl sites for hydroxylation is 1. The van der Waals surface area contributed by atoms with Gasteiger partial charge in [0.1, 0.15) is 4.60 Å². The third-order valence-electron chi connectivity index (χ3n) is 5.13. The highest BCUT2D eigenvalue weighted by molar-refractivity contribution is 9.10. The van der Waals surface area contributed by atoms with Gasteiger partial charge in [0.05, 0.1) is 11.9 Å². The molecule has 3 heteroatoms. The van der Waals surface area contributed by atoms with Crippen molar-refractivity contribution in [1.82, 2.24) is 4.98 Å². The van der Waals surface area contributed by atoms with Crippen LogP contribution in [-0.2, 0) is 0 Å². The lowest BCUT2D eigenvalue weighted by Crippen LogP contribution is -2.32. The number of rotatable bonds is 4. The highest BCUT2D eigenvalue weighted by Crippen LogP contribution is 2.40. The van der Waals surface area contributed by atoms with Gasteiger partial charge in [-0.1, -0.05) is 27.2 Å². The van der Waals surface area contributed by atoms with Crippen molar-refractivity contribution in [2.24, 2.45) is 11.3 Å². The minimum atomic E-state index is 0.501. The lowest BCUT2D eigenvalue weighted by atomic mass is 9.69. The van der Waals surface area contributed by atoms with Crippen LogP contribution in [0.25, 0.3) is 0 Å². The van der Waals surface area contributed by atoms with Crippen LogP contribution in [0.3, 0.4) is 0 Å². The van der Waals surface area contributed by atoms with Crippen LogP contribution in [0.5, 0.6) is 0 Å². The first kappa shape index (κ1) is 15.8. The van der Waals surface area contributed by atoms with Crippen LogP contribution in [0.15, 0.2) is 16.9 Å². The van der Waals surface area contributed by atoms with Crippen LogP contribution < -0.4 is 5.32 Å². The number of pyridine rings is 1. The van der Waals surface area contributed by atoms with E-state index in [0.29, 0.717) is 11.5 Å². The summed E-state index contributed by atoms with van der Waals surface area (Å²) in [6, 6.07) is 2.79. The number of nitrogens with one attached hydrogen (secondary N) is 1. The van der Waals surface area contributed by atoms with Gasteiger partial charge in [0.25, 0.3) is 0 Å². The van der Waals surface area contributed by atoms with Crippen molar-refractivity contribution in [2.75, 3.05) is 5.32 Å². The minimum absolute atomic E-state index is 0.501. The number of hydrogen-bond acceptors (Lipinski definition) is 2. The van der Waals surface area contributed by atoms with E-state index in [1.165, 1.54) is 37.7 Å². The molecule has 0 saturated heterocycles. The Kier molecular flexibility index (Phi) is 5.11. The van der Waals surface area contributed by atoms with Gasteiger partial charge < -0.3 is 5.32 Å². The summed E-state index contributed by atoms with van der Waals surface area (Å²) in [5.41, 5.74) is 2.85. The number of hydrogen-bond donors (Lipinski definition) is 1. The van der Waals surface area contributed by atoms with E-state index in [2.05, 4.69) is 60.0 Å². The SMILES string of the molecule is CCC(C)(C)C1CCC(Nc2cnc(Br)c(C)c2)CC1. The summed E-state index contributed by atoms with van der Waals surface area (Å²) >= 11 is 3.45. The van der Waals surface area contributed by atoms with E-state index in [0.717, 1.165) is 16.2 Å². The van der Waals surface area contributed by atoms with Crippen molar-refractivity contribution in [2.45, 2.75) is 65.8 Å². The minimum Gasteiger partial charge on any atom is -0.381 e. The van der Waals surface area contributed by atoms with Gasteiger partial charge in [0, 0.05) is 6.04 Å².